The van der Waals surface area contributed by atoms with Crippen LogP contribution in [0.2, 0.25) is 0 Å². The van der Waals surface area contributed by atoms with Crippen LogP contribution in [0.4, 0.5) is 13.2 Å². The molecule has 0 aromatic rings. The smallest absolute Gasteiger partial charge is 0.400 e. The van der Waals surface area contributed by atoms with Crippen molar-refractivity contribution in [1.82, 2.24) is 4.90 Å². The van der Waals surface area contributed by atoms with Crippen molar-refractivity contribution in [2.45, 2.75) is 44.3 Å². The second kappa shape index (κ2) is 6.26. The van der Waals surface area contributed by atoms with E-state index in [1.807, 2.05) is 0 Å². The SMILES string of the molecule is CN(CC(C(N)=NO)C(F)(F)F)C1CCCCC1. The lowest BCUT2D eigenvalue weighted by atomic mass is 9.93. The molecule has 0 saturated heterocycles. The summed E-state index contributed by atoms with van der Waals surface area (Å²) < 4.78 is 38.4. The summed E-state index contributed by atoms with van der Waals surface area (Å²) in [5, 5.41) is 10.9. The molecule has 0 radical (unpaired) electrons. The van der Waals surface area contributed by atoms with Crippen molar-refractivity contribution >= 4 is 5.84 Å². The molecule has 7 heteroatoms. The van der Waals surface area contributed by atoms with Crippen LogP contribution in [0.25, 0.3) is 0 Å². The van der Waals surface area contributed by atoms with E-state index in [1.54, 1.807) is 11.9 Å². The molecular weight excluding hydrogens is 247 g/mol. The molecule has 0 aromatic heterocycles. The van der Waals surface area contributed by atoms with Crippen LogP contribution in [-0.2, 0) is 0 Å². The van der Waals surface area contributed by atoms with E-state index < -0.39 is 17.9 Å². The first kappa shape index (κ1) is 15.1. The lowest BCUT2D eigenvalue weighted by Gasteiger charge is -2.33. The van der Waals surface area contributed by atoms with Crippen molar-refractivity contribution in [3.05, 3.63) is 0 Å². The van der Waals surface area contributed by atoms with Crippen molar-refractivity contribution in [2.75, 3.05) is 13.6 Å². The van der Waals surface area contributed by atoms with Gasteiger partial charge in [0.1, 0.15) is 5.92 Å². The molecule has 1 fully saturated rings. The highest BCUT2D eigenvalue weighted by Gasteiger charge is 2.44. The van der Waals surface area contributed by atoms with E-state index in [4.69, 9.17) is 10.9 Å². The number of hydrogen-bond donors (Lipinski definition) is 2. The molecule has 1 aliphatic carbocycles. The van der Waals surface area contributed by atoms with Crippen LogP contribution in [0.3, 0.4) is 0 Å². The molecule has 0 aliphatic heterocycles. The maximum atomic E-state index is 12.8. The molecular formula is C11H20F3N3O. The second-order valence-electron chi connectivity index (χ2n) is 4.85. The molecule has 0 spiro atoms. The highest BCUT2D eigenvalue weighted by atomic mass is 19.4. The Morgan fingerprint density at radius 3 is 2.39 bits per heavy atom. The zero-order chi connectivity index (χ0) is 13.8. The normalized spacial score (nSPS) is 21.3. The fourth-order valence-electron chi connectivity index (χ4n) is 2.39. The van der Waals surface area contributed by atoms with Crippen LogP contribution in [-0.4, -0.2) is 41.8 Å². The molecule has 0 bridgehead atoms. The van der Waals surface area contributed by atoms with E-state index in [-0.39, 0.29) is 12.6 Å². The minimum absolute atomic E-state index is 0.162. The Hall–Kier alpha value is -0.980. The van der Waals surface area contributed by atoms with E-state index in [1.165, 1.54) is 0 Å². The van der Waals surface area contributed by atoms with Crippen molar-refractivity contribution < 1.29 is 18.4 Å². The number of alkyl halides is 3. The second-order valence-corrected chi connectivity index (χ2v) is 4.85. The first-order valence-electron chi connectivity index (χ1n) is 6.10. The van der Waals surface area contributed by atoms with Crippen LogP contribution in [0, 0.1) is 5.92 Å². The van der Waals surface area contributed by atoms with Gasteiger partial charge < -0.3 is 15.8 Å². The average molecular weight is 267 g/mol. The minimum atomic E-state index is -4.49. The summed E-state index contributed by atoms with van der Waals surface area (Å²) in [6, 6.07) is 0.162. The van der Waals surface area contributed by atoms with Gasteiger partial charge in [-0.3, -0.25) is 0 Å². The molecule has 3 N–H and O–H groups in total. The topological polar surface area (TPSA) is 61.8 Å². The molecule has 18 heavy (non-hydrogen) atoms. The predicted octanol–water partition coefficient (Wildman–Crippen LogP) is 2.18. The van der Waals surface area contributed by atoms with Gasteiger partial charge in [0.05, 0.1) is 0 Å². The molecule has 1 aliphatic rings. The van der Waals surface area contributed by atoms with Gasteiger partial charge in [-0.1, -0.05) is 24.4 Å². The summed E-state index contributed by atoms with van der Waals surface area (Å²) in [6.45, 7) is -0.260. The van der Waals surface area contributed by atoms with Gasteiger partial charge in [0.25, 0.3) is 0 Å². The zero-order valence-electron chi connectivity index (χ0n) is 10.5. The molecule has 4 nitrogen and oxygen atoms in total. The maximum absolute atomic E-state index is 12.8. The molecule has 1 unspecified atom stereocenters. The van der Waals surface area contributed by atoms with E-state index in [2.05, 4.69) is 5.16 Å². The number of nitrogens with zero attached hydrogens (tertiary/aromatic N) is 2. The van der Waals surface area contributed by atoms with Gasteiger partial charge in [0.2, 0.25) is 0 Å². The third-order valence-corrected chi connectivity index (χ3v) is 3.54. The maximum Gasteiger partial charge on any atom is 0.400 e. The highest BCUT2D eigenvalue weighted by Crippen LogP contribution is 2.29. The monoisotopic (exact) mass is 267 g/mol. The van der Waals surface area contributed by atoms with Crippen LogP contribution in [0.5, 0.6) is 0 Å². The van der Waals surface area contributed by atoms with Gasteiger partial charge in [0.15, 0.2) is 5.84 Å². The molecule has 106 valence electrons. The van der Waals surface area contributed by atoms with E-state index in [0.29, 0.717) is 0 Å². The molecule has 1 atom stereocenters. The van der Waals surface area contributed by atoms with E-state index in [0.717, 1.165) is 32.1 Å². The van der Waals surface area contributed by atoms with Crippen molar-refractivity contribution in [3.8, 4) is 0 Å². The average Bonchev–Trinajstić information content (AvgIpc) is 2.34. The summed E-state index contributed by atoms with van der Waals surface area (Å²) in [6.07, 6.45) is 0.589. The highest BCUT2D eigenvalue weighted by molar-refractivity contribution is 5.83. The standard InChI is InChI=1S/C11H20F3N3O/c1-17(8-5-3-2-4-6-8)7-9(10(15)16-18)11(12,13)14/h8-9,18H,2-7H2,1H3,(H2,15,16). The number of rotatable bonds is 4. The number of oxime groups is 1. The molecule has 0 aromatic carbocycles. The predicted molar refractivity (Wildman–Crippen MR) is 62.5 cm³/mol. The summed E-state index contributed by atoms with van der Waals surface area (Å²) in [7, 11) is 1.67. The first-order chi connectivity index (χ1) is 8.36. The fourth-order valence-corrected chi connectivity index (χ4v) is 2.39. The van der Waals surface area contributed by atoms with Crippen LogP contribution >= 0.6 is 0 Å². The van der Waals surface area contributed by atoms with Crippen molar-refractivity contribution in [2.24, 2.45) is 16.8 Å². The quantitative estimate of drug-likeness (QED) is 0.355. The van der Waals surface area contributed by atoms with Crippen LogP contribution in [0.15, 0.2) is 5.16 Å². The van der Waals surface area contributed by atoms with Gasteiger partial charge >= 0.3 is 6.18 Å². The Balaban J connectivity index is 2.65. The van der Waals surface area contributed by atoms with Crippen molar-refractivity contribution in [1.29, 1.82) is 0 Å². The van der Waals surface area contributed by atoms with Crippen molar-refractivity contribution in [3.63, 3.8) is 0 Å². The number of amidine groups is 1. The molecule has 1 saturated carbocycles. The Labute approximate surface area is 105 Å². The Kier molecular flexibility index (Phi) is 5.25. The van der Waals surface area contributed by atoms with Gasteiger partial charge in [-0.25, -0.2) is 0 Å². The fraction of sp³-hybridized carbons (Fsp3) is 0.909. The number of hydrogen-bond acceptors (Lipinski definition) is 3. The molecule has 1 rings (SSSR count). The summed E-state index contributed by atoms with van der Waals surface area (Å²) in [5.41, 5.74) is 5.13. The van der Waals surface area contributed by atoms with Gasteiger partial charge in [-0.05, 0) is 19.9 Å². The summed E-state index contributed by atoms with van der Waals surface area (Å²) >= 11 is 0. The molecule has 0 heterocycles. The van der Waals surface area contributed by atoms with Crippen LogP contribution < -0.4 is 5.73 Å². The lowest BCUT2D eigenvalue weighted by molar-refractivity contribution is -0.161. The van der Waals surface area contributed by atoms with Gasteiger partial charge in [-0.2, -0.15) is 13.2 Å². The summed E-state index contributed by atoms with van der Waals surface area (Å²) in [4.78, 5) is 1.68. The van der Waals surface area contributed by atoms with Gasteiger partial charge in [-0.15, -0.1) is 0 Å². The molecule has 0 amide bonds. The Bertz CT molecular complexity index is 288. The van der Waals surface area contributed by atoms with E-state index >= 15 is 0 Å². The third-order valence-electron chi connectivity index (χ3n) is 3.54. The summed E-state index contributed by atoms with van der Waals surface area (Å²) in [5.74, 6) is -2.68. The third kappa shape index (κ3) is 4.04. The van der Waals surface area contributed by atoms with Gasteiger partial charge in [0, 0.05) is 12.6 Å². The van der Waals surface area contributed by atoms with E-state index in [9.17, 15) is 13.2 Å². The largest absolute Gasteiger partial charge is 0.409 e. The zero-order valence-corrected chi connectivity index (χ0v) is 10.5. The Morgan fingerprint density at radius 2 is 1.94 bits per heavy atom. The first-order valence-corrected chi connectivity index (χ1v) is 6.10. The van der Waals surface area contributed by atoms with Crippen LogP contribution in [0.1, 0.15) is 32.1 Å². The number of halogens is 3. The lowest BCUT2D eigenvalue weighted by Crippen LogP contribution is -2.46. The Morgan fingerprint density at radius 1 is 1.39 bits per heavy atom. The minimum Gasteiger partial charge on any atom is -0.409 e. The number of nitrogens with two attached hydrogens (primary N) is 1.